The summed E-state index contributed by atoms with van der Waals surface area (Å²) in [5.74, 6) is 1.35. The molecular formula is C15H19N3O2. The van der Waals surface area contributed by atoms with Gasteiger partial charge in [0.2, 0.25) is 0 Å². The summed E-state index contributed by atoms with van der Waals surface area (Å²) in [5, 5.41) is 9.95. The molecule has 0 saturated heterocycles. The number of aromatic nitrogens is 2. The van der Waals surface area contributed by atoms with Crippen molar-refractivity contribution in [2.75, 3.05) is 0 Å². The van der Waals surface area contributed by atoms with Crippen LogP contribution in [0.1, 0.15) is 43.1 Å². The highest BCUT2D eigenvalue weighted by atomic mass is 16.3. The Hall–Kier alpha value is -2.04. The fourth-order valence-corrected chi connectivity index (χ4v) is 2.66. The van der Waals surface area contributed by atoms with E-state index in [4.69, 9.17) is 4.42 Å². The topological polar surface area (TPSA) is 70.9 Å². The molecule has 0 aromatic carbocycles. The third-order valence-electron chi connectivity index (χ3n) is 3.95. The third-order valence-corrected chi connectivity index (χ3v) is 3.95. The van der Waals surface area contributed by atoms with Gasteiger partial charge >= 0.3 is 0 Å². The van der Waals surface area contributed by atoms with Crippen molar-refractivity contribution in [3.63, 3.8) is 0 Å². The number of amides is 1. The molecule has 5 heteroatoms. The lowest BCUT2D eigenvalue weighted by atomic mass is 9.87. The molecule has 0 atom stereocenters. The van der Waals surface area contributed by atoms with Crippen LogP contribution in [0.4, 0.5) is 0 Å². The lowest BCUT2D eigenvalue weighted by molar-refractivity contribution is 0.0918. The first-order valence-electron chi connectivity index (χ1n) is 7.12. The van der Waals surface area contributed by atoms with Gasteiger partial charge in [-0.2, -0.15) is 5.10 Å². The number of rotatable bonds is 3. The van der Waals surface area contributed by atoms with Crippen molar-refractivity contribution in [2.45, 2.75) is 38.6 Å². The lowest BCUT2D eigenvalue weighted by Gasteiger charge is -2.26. The van der Waals surface area contributed by atoms with Crippen LogP contribution in [0.25, 0.3) is 11.5 Å². The van der Waals surface area contributed by atoms with E-state index in [1.807, 2.05) is 6.07 Å². The maximum atomic E-state index is 12.2. The van der Waals surface area contributed by atoms with Gasteiger partial charge < -0.3 is 9.73 Å². The van der Waals surface area contributed by atoms with Gasteiger partial charge in [0, 0.05) is 12.1 Å². The zero-order valence-electron chi connectivity index (χ0n) is 11.6. The molecule has 1 saturated carbocycles. The average molecular weight is 273 g/mol. The smallest absolute Gasteiger partial charge is 0.272 e. The van der Waals surface area contributed by atoms with Crippen molar-refractivity contribution >= 4 is 5.91 Å². The normalized spacial score (nSPS) is 22.6. The summed E-state index contributed by atoms with van der Waals surface area (Å²) in [6, 6.07) is 5.64. The van der Waals surface area contributed by atoms with Gasteiger partial charge in [-0.3, -0.25) is 9.89 Å². The molecule has 0 aliphatic heterocycles. The quantitative estimate of drug-likeness (QED) is 0.903. The molecule has 0 radical (unpaired) electrons. The Labute approximate surface area is 117 Å². The second-order valence-electron chi connectivity index (χ2n) is 5.57. The van der Waals surface area contributed by atoms with Crippen LogP contribution in [-0.4, -0.2) is 22.1 Å². The fraction of sp³-hybridized carbons (Fsp3) is 0.467. The van der Waals surface area contributed by atoms with Gasteiger partial charge in [0.25, 0.3) is 5.91 Å². The monoisotopic (exact) mass is 273 g/mol. The molecule has 2 N–H and O–H groups in total. The summed E-state index contributed by atoms with van der Waals surface area (Å²) in [7, 11) is 0. The maximum absolute atomic E-state index is 12.2. The summed E-state index contributed by atoms with van der Waals surface area (Å²) in [6.07, 6.45) is 6.08. The second kappa shape index (κ2) is 5.53. The Morgan fingerprint density at radius 3 is 2.90 bits per heavy atom. The Kier molecular flexibility index (Phi) is 3.58. The van der Waals surface area contributed by atoms with Crippen molar-refractivity contribution < 1.29 is 9.21 Å². The molecule has 3 rings (SSSR count). The van der Waals surface area contributed by atoms with Gasteiger partial charge in [-0.25, -0.2) is 0 Å². The van der Waals surface area contributed by atoms with E-state index in [0.29, 0.717) is 11.5 Å². The van der Waals surface area contributed by atoms with Crippen molar-refractivity contribution in [3.8, 4) is 11.5 Å². The van der Waals surface area contributed by atoms with Crippen LogP contribution in [0.15, 0.2) is 28.9 Å². The lowest BCUT2D eigenvalue weighted by Crippen LogP contribution is -2.37. The highest BCUT2D eigenvalue weighted by Crippen LogP contribution is 2.24. The number of aromatic amines is 1. The predicted octanol–water partition coefficient (Wildman–Crippen LogP) is 2.98. The number of carbonyl (C=O) groups excluding carboxylic acids is 1. The Balaban J connectivity index is 1.63. The summed E-state index contributed by atoms with van der Waals surface area (Å²) >= 11 is 0. The predicted molar refractivity (Wildman–Crippen MR) is 75.2 cm³/mol. The van der Waals surface area contributed by atoms with E-state index in [0.717, 1.165) is 24.5 Å². The Morgan fingerprint density at radius 2 is 2.20 bits per heavy atom. The number of nitrogens with one attached hydrogen (secondary N) is 2. The number of nitrogens with zero attached hydrogens (tertiary/aromatic N) is 1. The molecule has 1 aliphatic carbocycles. The van der Waals surface area contributed by atoms with Crippen LogP contribution < -0.4 is 5.32 Å². The van der Waals surface area contributed by atoms with Crippen LogP contribution in [0.5, 0.6) is 0 Å². The highest BCUT2D eigenvalue weighted by molar-refractivity contribution is 5.93. The minimum atomic E-state index is -0.112. The maximum Gasteiger partial charge on any atom is 0.272 e. The Morgan fingerprint density at radius 1 is 1.40 bits per heavy atom. The summed E-state index contributed by atoms with van der Waals surface area (Å²) in [5.41, 5.74) is 1.13. The van der Waals surface area contributed by atoms with E-state index in [1.165, 1.54) is 12.8 Å². The number of H-pyrrole nitrogens is 1. The minimum Gasteiger partial charge on any atom is -0.463 e. The summed E-state index contributed by atoms with van der Waals surface area (Å²) in [4.78, 5) is 12.2. The van der Waals surface area contributed by atoms with Gasteiger partial charge in [-0.05, 0) is 43.7 Å². The Bertz CT molecular complexity index is 566. The molecule has 1 fully saturated rings. The fourth-order valence-electron chi connectivity index (χ4n) is 2.66. The van der Waals surface area contributed by atoms with Crippen molar-refractivity contribution in [3.05, 3.63) is 30.2 Å². The average Bonchev–Trinajstić information content (AvgIpc) is 3.11. The number of hydrogen-bond donors (Lipinski definition) is 2. The first-order chi connectivity index (χ1) is 9.72. The van der Waals surface area contributed by atoms with Crippen LogP contribution in [0.2, 0.25) is 0 Å². The van der Waals surface area contributed by atoms with Crippen LogP contribution in [0, 0.1) is 5.92 Å². The number of hydrogen-bond acceptors (Lipinski definition) is 3. The molecule has 0 spiro atoms. The molecule has 106 valence electrons. The van der Waals surface area contributed by atoms with E-state index in [1.54, 1.807) is 18.4 Å². The molecule has 2 aromatic heterocycles. The molecule has 5 nitrogen and oxygen atoms in total. The summed E-state index contributed by atoms with van der Waals surface area (Å²) < 4.78 is 5.27. The van der Waals surface area contributed by atoms with E-state index in [-0.39, 0.29) is 11.9 Å². The largest absolute Gasteiger partial charge is 0.463 e. The van der Waals surface area contributed by atoms with Crippen molar-refractivity contribution in [1.82, 2.24) is 15.5 Å². The molecular weight excluding hydrogens is 254 g/mol. The zero-order chi connectivity index (χ0) is 13.9. The van der Waals surface area contributed by atoms with Crippen molar-refractivity contribution in [1.29, 1.82) is 0 Å². The SMILES string of the molecule is CC1CCC(NC(=O)c2cc(-c3ccco3)[nH]n2)CC1. The molecule has 0 unspecified atom stereocenters. The molecule has 1 aliphatic rings. The van der Waals surface area contributed by atoms with Crippen LogP contribution in [0.3, 0.4) is 0 Å². The van der Waals surface area contributed by atoms with Gasteiger partial charge in [0.05, 0.1) is 6.26 Å². The van der Waals surface area contributed by atoms with E-state index >= 15 is 0 Å². The van der Waals surface area contributed by atoms with E-state index < -0.39 is 0 Å². The van der Waals surface area contributed by atoms with E-state index in [2.05, 4.69) is 22.4 Å². The van der Waals surface area contributed by atoms with Crippen LogP contribution in [-0.2, 0) is 0 Å². The highest BCUT2D eigenvalue weighted by Gasteiger charge is 2.21. The zero-order valence-corrected chi connectivity index (χ0v) is 11.6. The standard InChI is InChI=1S/C15H19N3O2/c1-10-4-6-11(7-5-10)16-15(19)13-9-12(17-18-13)14-3-2-8-20-14/h2-3,8-11H,4-7H2,1H3,(H,16,19)(H,17,18). The summed E-state index contributed by atoms with van der Waals surface area (Å²) in [6.45, 7) is 2.27. The number of carbonyl (C=O) groups is 1. The van der Waals surface area contributed by atoms with Gasteiger partial charge in [0.15, 0.2) is 11.5 Å². The third kappa shape index (κ3) is 2.76. The molecule has 2 heterocycles. The van der Waals surface area contributed by atoms with Crippen LogP contribution >= 0.6 is 0 Å². The first-order valence-corrected chi connectivity index (χ1v) is 7.12. The molecule has 2 aromatic rings. The van der Waals surface area contributed by atoms with Gasteiger partial charge in [-0.1, -0.05) is 6.92 Å². The number of furan rings is 1. The molecule has 20 heavy (non-hydrogen) atoms. The van der Waals surface area contributed by atoms with Gasteiger partial charge in [0.1, 0.15) is 5.69 Å². The van der Waals surface area contributed by atoms with E-state index in [9.17, 15) is 4.79 Å². The minimum absolute atomic E-state index is 0.112. The van der Waals surface area contributed by atoms with Gasteiger partial charge in [-0.15, -0.1) is 0 Å². The molecule has 0 bridgehead atoms. The van der Waals surface area contributed by atoms with Crippen molar-refractivity contribution in [2.24, 2.45) is 5.92 Å². The second-order valence-corrected chi connectivity index (χ2v) is 5.57. The first kappa shape index (κ1) is 13.0. The molecule has 1 amide bonds.